The minimum absolute atomic E-state index is 0.0994. The summed E-state index contributed by atoms with van der Waals surface area (Å²) in [5, 5.41) is 7.69. The molecule has 0 radical (unpaired) electrons. The summed E-state index contributed by atoms with van der Waals surface area (Å²) >= 11 is 0. The highest BCUT2D eigenvalue weighted by molar-refractivity contribution is 5.48. The molecule has 1 unspecified atom stereocenters. The molecule has 2 aliphatic heterocycles. The Balaban J connectivity index is 0.000000585. The number of H-pyrrole nitrogens is 1. The molecule has 6 heteroatoms. The van der Waals surface area contributed by atoms with Crippen molar-refractivity contribution >= 4 is 25.4 Å². The Morgan fingerprint density at radius 3 is 2.33 bits per heavy atom. The number of aryl methyl sites for hydroxylation is 1. The van der Waals surface area contributed by atoms with Crippen LogP contribution in [0.5, 0.6) is 0 Å². The van der Waals surface area contributed by atoms with Crippen molar-refractivity contribution in [3.05, 3.63) is 80.4 Å². The van der Waals surface area contributed by atoms with E-state index in [0.717, 1.165) is 60.7 Å². The van der Waals surface area contributed by atoms with Gasteiger partial charge in [-0.05, 0) is 61.3 Å². The van der Waals surface area contributed by atoms with Gasteiger partial charge in [0.1, 0.15) is 5.82 Å². The first-order valence-electron chi connectivity index (χ1n) is 14.1. The van der Waals surface area contributed by atoms with Crippen molar-refractivity contribution in [1.29, 1.82) is 5.41 Å². The van der Waals surface area contributed by atoms with Gasteiger partial charge in [0.15, 0.2) is 0 Å². The number of benzene rings is 1. The predicted octanol–water partition coefficient (Wildman–Crippen LogP) is 5.32. The van der Waals surface area contributed by atoms with E-state index in [4.69, 9.17) is 10.1 Å². The van der Waals surface area contributed by atoms with Gasteiger partial charge in [-0.25, -0.2) is 4.98 Å². The quantitative estimate of drug-likeness (QED) is 0.509. The van der Waals surface area contributed by atoms with Gasteiger partial charge in [-0.1, -0.05) is 83.3 Å². The first-order valence-corrected chi connectivity index (χ1v) is 14.1. The van der Waals surface area contributed by atoms with Crippen LogP contribution in [0.1, 0.15) is 70.5 Å². The molecule has 2 aromatic rings. The van der Waals surface area contributed by atoms with Crippen LogP contribution in [0.25, 0.3) is 18.7 Å². The van der Waals surface area contributed by atoms with Crippen LogP contribution in [0.3, 0.4) is 0 Å². The zero-order valence-corrected chi connectivity index (χ0v) is 25.1. The number of likely N-dealkylation sites (tertiary alicyclic amines) is 1. The zero-order chi connectivity index (χ0) is 29.4. The second kappa shape index (κ2) is 18.2. The van der Waals surface area contributed by atoms with Gasteiger partial charge in [-0.3, -0.25) is 9.69 Å². The first-order chi connectivity index (χ1) is 18.8. The molecule has 1 aromatic heterocycles. The van der Waals surface area contributed by atoms with E-state index in [1.165, 1.54) is 18.4 Å². The molecule has 214 valence electrons. The molecule has 0 aliphatic carbocycles. The molecular formula is C33H50N4O2. The van der Waals surface area contributed by atoms with E-state index in [2.05, 4.69) is 73.7 Å². The summed E-state index contributed by atoms with van der Waals surface area (Å²) in [7, 11) is 0. The number of ether oxygens (including phenoxy) is 1. The van der Waals surface area contributed by atoms with E-state index < -0.39 is 0 Å². The van der Waals surface area contributed by atoms with E-state index in [0.29, 0.717) is 11.5 Å². The maximum atomic E-state index is 12.3. The number of hydrogen-bond acceptors (Lipinski definition) is 5. The largest absolute Gasteiger partial charge is 0.381 e. The van der Waals surface area contributed by atoms with Crippen molar-refractivity contribution in [3.63, 3.8) is 0 Å². The highest BCUT2D eigenvalue weighted by Crippen LogP contribution is 2.30. The van der Waals surface area contributed by atoms with Crippen LogP contribution in [0, 0.1) is 24.2 Å². The van der Waals surface area contributed by atoms with Gasteiger partial charge in [0.25, 0.3) is 5.56 Å². The lowest BCUT2D eigenvalue weighted by atomic mass is 9.97. The average Bonchev–Trinajstić information content (AvgIpc) is 3.32. The monoisotopic (exact) mass is 534 g/mol. The molecular weight excluding hydrogens is 484 g/mol. The predicted molar refractivity (Wildman–Crippen MR) is 168 cm³/mol. The van der Waals surface area contributed by atoms with E-state index in [1.807, 2.05) is 39.0 Å². The second-order valence-electron chi connectivity index (χ2n) is 9.93. The summed E-state index contributed by atoms with van der Waals surface area (Å²) in [6.07, 6.45) is 8.47. The van der Waals surface area contributed by atoms with Gasteiger partial charge in [0, 0.05) is 38.8 Å². The minimum atomic E-state index is -0.0994. The summed E-state index contributed by atoms with van der Waals surface area (Å²) in [5.41, 5.74) is 2.47. The van der Waals surface area contributed by atoms with Gasteiger partial charge in [0.2, 0.25) is 0 Å². The highest BCUT2D eigenvalue weighted by Gasteiger charge is 2.32. The number of aromatic amines is 1. The van der Waals surface area contributed by atoms with Crippen LogP contribution in [-0.4, -0.2) is 54.4 Å². The summed E-state index contributed by atoms with van der Waals surface area (Å²) in [5.74, 6) is 2.35. The normalized spacial score (nSPS) is 20.1. The number of rotatable bonds is 5. The molecule has 39 heavy (non-hydrogen) atoms. The lowest BCUT2D eigenvalue weighted by Crippen LogP contribution is -2.26. The topological polar surface area (TPSA) is 82.1 Å². The molecule has 6 nitrogen and oxygen atoms in total. The van der Waals surface area contributed by atoms with Gasteiger partial charge in [0.05, 0.1) is 11.3 Å². The fourth-order valence-electron chi connectivity index (χ4n) is 4.75. The average molecular weight is 535 g/mol. The zero-order valence-electron chi connectivity index (χ0n) is 25.1. The number of hydrogen-bond donors (Lipinski definition) is 2. The third-order valence-electron chi connectivity index (χ3n) is 7.09. The SMILES string of the molecule is C=Cc1c(C)nc([C@@H]2CN(CC(/C=c3/ccccc3=C)=C/C)CC2C)[nH]c1=O.C=N.CC.CC1CCOCC1. The molecule has 0 amide bonds. The van der Waals surface area contributed by atoms with Crippen LogP contribution in [0.2, 0.25) is 0 Å². The van der Waals surface area contributed by atoms with Crippen molar-refractivity contribution in [3.8, 4) is 0 Å². The van der Waals surface area contributed by atoms with Gasteiger partial charge in [-0.2, -0.15) is 0 Å². The molecule has 0 spiro atoms. The second-order valence-corrected chi connectivity index (χ2v) is 9.93. The van der Waals surface area contributed by atoms with E-state index in [1.54, 1.807) is 6.08 Å². The standard InChI is InChI=1S/C24H29N3O.C6H12O.C2H6.CH3N/c1-6-19(12-20-11-9-8-10-16(20)3)14-27-13-17(4)22(15-27)23-25-18(5)21(7-2)24(28)26-23;1-6-2-4-7-5-3-6;2*1-2/h6-12,17,22H,2-3,13-15H2,1,4-5H3,(H,25,26,28);6H,2-5H2,1H3;1-2H3;2H,1H2/b19-6+,20-12-;;;/t17?,22-;;;/m1.../s1. The van der Waals surface area contributed by atoms with Crippen molar-refractivity contribution in [2.24, 2.45) is 11.8 Å². The maximum Gasteiger partial charge on any atom is 0.258 e. The fourth-order valence-corrected chi connectivity index (χ4v) is 4.75. The van der Waals surface area contributed by atoms with Crippen molar-refractivity contribution in [2.75, 3.05) is 32.8 Å². The summed E-state index contributed by atoms with van der Waals surface area (Å²) in [4.78, 5) is 22.4. The van der Waals surface area contributed by atoms with Crippen LogP contribution >= 0.6 is 0 Å². The molecule has 3 heterocycles. The lowest BCUT2D eigenvalue weighted by molar-refractivity contribution is 0.0716. The smallest absolute Gasteiger partial charge is 0.258 e. The maximum absolute atomic E-state index is 12.3. The van der Waals surface area contributed by atoms with Crippen LogP contribution in [0.15, 0.2) is 47.3 Å². The van der Waals surface area contributed by atoms with Crippen LogP contribution in [-0.2, 0) is 4.74 Å². The van der Waals surface area contributed by atoms with Crippen molar-refractivity contribution in [2.45, 2.75) is 60.3 Å². The Hall–Kier alpha value is -3.09. The molecule has 0 bridgehead atoms. The molecule has 2 N–H and O–H groups in total. The Bertz CT molecular complexity index is 1210. The number of aromatic nitrogens is 2. The van der Waals surface area contributed by atoms with Crippen LogP contribution < -0.4 is 16.0 Å². The van der Waals surface area contributed by atoms with Gasteiger partial charge in [-0.15, -0.1) is 0 Å². The minimum Gasteiger partial charge on any atom is -0.381 e. The Labute approximate surface area is 235 Å². The first kappa shape index (κ1) is 33.9. The van der Waals surface area contributed by atoms with Gasteiger partial charge >= 0.3 is 0 Å². The molecule has 2 saturated heterocycles. The van der Waals surface area contributed by atoms with Crippen molar-refractivity contribution in [1.82, 2.24) is 14.9 Å². The van der Waals surface area contributed by atoms with Crippen LogP contribution in [0.4, 0.5) is 0 Å². The number of allylic oxidation sites excluding steroid dienone is 1. The molecule has 0 saturated carbocycles. The number of nitrogens with one attached hydrogen (secondary N) is 2. The van der Waals surface area contributed by atoms with E-state index in [9.17, 15) is 4.79 Å². The summed E-state index contributed by atoms with van der Waals surface area (Å²) < 4.78 is 5.14. The Morgan fingerprint density at radius 1 is 1.18 bits per heavy atom. The molecule has 2 aliphatic rings. The molecule has 1 aromatic carbocycles. The lowest BCUT2D eigenvalue weighted by Gasteiger charge is -2.17. The third-order valence-corrected chi connectivity index (χ3v) is 7.09. The molecule has 2 fully saturated rings. The molecule has 4 rings (SSSR count). The van der Waals surface area contributed by atoms with Crippen molar-refractivity contribution < 1.29 is 4.74 Å². The van der Waals surface area contributed by atoms with E-state index >= 15 is 0 Å². The number of nitrogens with zero attached hydrogens (tertiary/aromatic N) is 2. The summed E-state index contributed by atoms with van der Waals surface area (Å²) in [6, 6.07) is 8.18. The third kappa shape index (κ3) is 10.5. The summed E-state index contributed by atoms with van der Waals surface area (Å²) in [6.45, 7) is 27.5. The molecule has 2 atom stereocenters. The Morgan fingerprint density at radius 2 is 1.82 bits per heavy atom. The van der Waals surface area contributed by atoms with E-state index in [-0.39, 0.29) is 11.5 Å². The highest BCUT2D eigenvalue weighted by atomic mass is 16.5. The van der Waals surface area contributed by atoms with Gasteiger partial charge < -0.3 is 15.1 Å². The Kier molecular flexibility index (Phi) is 15.9. The fraction of sp³-hybridized carbons (Fsp3) is 0.485.